The highest BCUT2D eigenvalue weighted by Crippen LogP contribution is 2.17. The summed E-state index contributed by atoms with van der Waals surface area (Å²) in [6.07, 6.45) is 0.965. The lowest BCUT2D eigenvalue weighted by molar-refractivity contribution is 0.154. The minimum absolute atomic E-state index is 0.0932. The highest BCUT2D eigenvalue weighted by Gasteiger charge is 2.17. The number of carbonyl (C=O) groups is 1. The van der Waals surface area contributed by atoms with Gasteiger partial charge in [-0.15, -0.1) is 0 Å². The van der Waals surface area contributed by atoms with Gasteiger partial charge in [-0.1, -0.05) is 50.6 Å². The van der Waals surface area contributed by atoms with E-state index in [1.807, 2.05) is 44.2 Å². The zero-order chi connectivity index (χ0) is 15.8. The number of hydrogen-bond acceptors (Lipinski definition) is 2. The van der Waals surface area contributed by atoms with Crippen LogP contribution in [0.4, 0.5) is 4.79 Å². The highest BCUT2D eigenvalue weighted by molar-refractivity contribution is 5.74. The molecule has 0 bridgehead atoms. The summed E-state index contributed by atoms with van der Waals surface area (Å²) in [6.45, 7) is 8.14. The summed E-state index contributed by atoms with van der Waals surface area (Å²) in [7, 11) is 0. The monoisotopic (exact) mass is 292 g/mol. The lowest BCUT2D eigenvalue weighted by Crippen LogP contribution is -2.46. The van der Waals surface area contributed by atoms with Crippen LogP contribution in [0.5, 0.6) is 0 Å². The van der Waals surface area contributed by atoms with E-state index in [1.165, 1.54) is 0 Å². The summed E-state index contributed by atoms with van der Waals surface area (Å²) in [4.78, 5) is 11.9. The van der Waals surface area contributed by atoms with Crippen LogP contribution >= 0.6 is 0 Å². The molecule has 0 aliphatic carbocycles. The van der Waals surface area contributed by atoms with Crippen molar-refractivity contribution in [3.05, 3.63) is 35.9 Å². The molecular formula is C17H28N2O2. The van der Waals surface area contributed by atoms with Crippen molar-refractivity contribution in [1.82, 2.24) is 10.6 Å². The van der Waals surface area contributed by atoms with Gasteiger partial charge in [-0.25, -0.2) is 4.79 Å². The van der Waals surface area contributed by atoms with Gasteiger partial charge < -0.3 is 15.7 Å². The number of carbonyl (C=O) groups excluding carboxylic acids is 1. The van der Waals surface area contributed by atoms with Gasteiger partial charge in [-0.05, 0) is 31.7 Å². The molecule has 1 aromatic carbocycles. The summed E-state index contributed by atoms with van der Waals surface area (Å²) in [5, 5.41) is 16.0. The van der Waals surface area contributed by atoms with Crippen molar-refractivity contribution >= 4 is 6.03 Å². The first-order valence-corrected chi connectivity index (χ1v) is 7.74. The Labute approximate surface area is 128 Å². The molecule has 3 N–H and O–H groups in total. The SMILES string of the molecule is CCC(C)C(C)NC(=O)NC(C)CC(O)c1ccccc1. The van der Waals surface area contributed by atoms with Gasteiger partial charge >= 0.3 is 6.03 Å². The fourth-order valence-corrected chi connectivity index (χ4v) is 2.17. The van der Waals surface area contributed by atoms with E-state index >= 15 is 0 Å². The molecule has 0 aliphatic rings. The van der Waals surface area contributed by atoms with Crippen LogP contribution in [0.2, 0.25) is 0 Å². The molecule has 118 valence electrons. The van der Waals surface area contributed by atoms with Crippen molar-refractivity contribution < 1.29 is 9.90 Å². The maximum Gasteiger partial charge on any atom is 0.315 e. The molecule has 0 fully saturated rings. The lowest BCUT2D eigenvalue weighted by Gasteiger charge is -2.23. The number of hydrogen-bond donors (Lipinski definition) is 3. The summed E-state index contributed by atoms with van der Waals surface area (Å²) in [5.41, 5.74) is 0.875. The van der Waals surface area contributed by atoms with Gasteiger partial charge in [0.1, 0.15) is 0 Å². The Kier molecular flexibility index (Phi) is 7.23. The van der Waals surface area contributed by atoms with Crippen LogP contribution in [0.1, 0.15) is 52.2 Å². The van der Waals surface area contributed by atoms with Crippen LogP contribution < -0.4 is 10.6 Å². The summed E-state index contributed by atoms with van der Waals surface area (Å²) < 4.78 is 0. The molecule has 4 heteroatoms. The first-order chi connectivity index (χ1) is 9.93. The Morgan fingerprint density at radius 1 is 1.14 bits per heavy atom. The molecule has 4 atom stereocenters. The van der Waals surface area contributed by atoms with E-state index in [0.717, 1.165) is 12.0 Å². The molecule has 0 saturated heterocycles. The van der Waals surface area contributed by atoms with Crippen LogP contribution in [-0.4, -0.2) is 23.2 Å². The highest BCUT2D eigenvalue weighted by atomic mass is 16.3. The predicted octanol–water partition coefficient (Wildman–Crippen LogP) is 3.23. The zero-order valence-corrected chi connectivity index (χ0v) is 13.5. The molecule has 0 spiro atoms. The number of benzene rings is 1. The van der Waals surface area contributed by atoms with E-state index in [9.17, 15) is 9.90 Å². The summed E-state index contributed by atoms with van der Waals surface area (Å²) in [5.74, 6) is 0.445. The van der Waals surface area contributed by atoms with E-state index in [2.05, 4.69) is 24.5 Å². The van der Waals surface area contributed by atoms with Crippen molar-refractivity contribution in [3.63, 3.8) is 0 Å². The number of nitrogens with one attached hydrogen (secondary N) is 2. The normalized spacial score (nSPS) is 16.6. The second-order valence-electron chi connectivity index (χ2n) is 5.86. The van der Waals surface area contributed by atoms with E-state index < -0.39 is 6.10 Å². The molecule has 4 unspecified atom stereocenters. The number of amides is 2. The Bertz CT molecular complexity index is 422. The minimum atomic E-state index is -0.562. The first kappa shape index (κ1) is 17.5. The minimum Gasteiger partial charge on any atom is -0.388 e. The Morgan fingerprint density at radius 2 is 1.76 bits per heavy atom. The summed E-state index contributed by atoms with van der Waals surface area (Å²) >= 11 is 0. The van der Waals surface area contributed by atoms with Crippen LogP contribution in [0.3, 0.4) is 0 Å². The molecule has 0 aromatic heterocycles. The van der Waals surface area contributed by atoms with Gasteiger partial charge in [0.2, 0.25) is 0 Å². The molecule has 4 nitrogen and oxygen atoms in total. The fourth-order valence-electron chi connectivity index (χ4n) is 2.17. The number of aliphatic hydroxyl groups excluding tert-OH is 1. The van der Waals surface area contributed by atoms with Crippen molar-refractivity contribution in [3.8, 4) is 0 Å². The maximum atomic E-state index is 11.9. The van der Waals surface area contributed by atoms with Gasteiger partial charge in [0.15, 0.2) is 0 Å². The molecule has 21 heavy (non-hydrogen) atoms. The smallest absolute Gasteiger partial charge is 0.315 e. The average molecular weight is 292 g/mol. The third-order valence-corrected chi connectivity index (χ3v) is 3.99. The predicted molar refractivity (Wildman–Crippen MR) is 86.1 cm³/mol. The molecule has 1 rings (SSSR count). The second-order valence-corrected chi connectivity index (χ2v) is 5.86. The Balaban J connectivity index is 2.39. The average Bonchev–Trinajstić information content (AvgIpc) is 2.46. The molecular weight excluding hydrogens is 264 g/mol. The van der Waals surface area contributed by atoms with Gasteiger partial charge in [0.25, 0.3) is 0 Å². The van der Waals surface area contributed by atoms with Gasteiger partial charge in [0, 0.05) is 12.1 Å². The second kappa shape index (κ2) is 8.67. The number of urea groups is 1. The maximum absolute atomic E-state index is 11.9. The third kappa shape index (κ3) is 6.17. The summed E-state index contributed by atoms with van der Waals surface area (Å²) in [6, 6.07) is 9.38. The van der Waals surface area contributed by atoms with E-state index in [0.29, 0.717) is 12.3 Å². The molecule has 0 heterocycles. The van der Waals surface area contributed by atoms with Gasteiger partial charge in [-0.2, -0.15) is 0 Å². The molecule has 0 aliphatic heterocycles. The number of rotatable bonds is 7. The first-order valence-electron chi connectivity index (χ1n) is 7.74. The van der Waals surface area contributed by atoms with Crippen molar-refractivity contribution in [2.45, 2.75) is 58.7 Å². The molecule has 0 radical (unpaired) electrons. The Morgan fingerprint density at radius 3 is 2.33 bits per heavy atom. The van der Waals surface area contributed by atoms with Crippen LogP contribution in [0, 0.1) is 5.92 Å². The van der Waals surface area contributed by atoms with Gasteiger partial charge in [0.05, 0.1) is 6.10 Å². The third-order valence-electron chi connectivity index (χ3n) is 3.99. The molecule has 0 saturated carbocycles. The number of aliphatic hydroxyl groups is 1. The van der Waals surface area contributed by atoms with Crippen molar-refractivity contribution in [1.29, 1.82) is 0 Å². The standard InChI is InChI=1S/C17H28N2O2/c1-5-12(2)14(4)19-17(21)18-13(3)11-16(20)15-9-7-6-8-10-15/h6-10,12-14,16,20H,5,11H2,1-4H3,(H2,18,19,21). The zero-order valence-electron chi connectivity index (χ0n) is 13.5. The van der Waals surface area contributed by atoms with E-state index in [-0.39, 0.29) is 18.1 Å². The van der Waals surface area contributed by atoms with Crippen molar-refractivity contribution in [2.75, 3.05) is 0 Å². The van der Waals surface area contributed by atoms with E-state index in [4.69, 9.17) is 0 Å². The molecule has 1 aromatic rings. The Hall–Kier alpha value is -1.55. The van der Waals surface area contributed by atoms with Crippen molar-refractivity contribution in [2.24, 2.45) is 5.92 Å². The van der Waals surface area contributed by atoms with Crippen LogP contribution in [0.15, 0.2) is 30.3 Å². The van der Waals surface area contributed by atoms with E-state index in [1.54, 1.807) is 0 Å². The lowest BCUT2D eigenvalue weighted by atomic mass is 10.0. The van der Waals surface area contributed by atoms with Gasteiger partial charge in [-0.3, -0.25) is 0 Å². The largest absolute Gasteiger partial charge is 0.388 e. The fraction of sp³-hybridized carbons (Fsp3) is 0.588. The van der Waals surface area contributed by atoms with Crippen LogP contribution in [0.25, 0.3) is 0 Å². The quantitative estimate of drug-likeness (QED) is 0.722. The topological polar surface area (TPSA) is 61.4 Å². The molecule has 2 amide bonds. The van der Waals surface area contributed by atoms with Crippen LogP contribution in [-0.2, 0) is 0 Å².